The number of rotatable bonds is 7. The maximum absolute atomic E-state index is 12.6. The fourth-order valence-electron chi connectivity index (χ4n) is 3.87. The second kappa shape index (κ2) is 9.49. The summed E-state index contributed by atoms with van der Waals surface area (Å²) in [6, 6.07) is 5.41. The van der Waals surface area contributed by atoms with Crippen LogP contribution in [0.2, 0.25) is 0 Å². The van der Waals surface area contributed by atoms with E-state index in [9.17, 15) is 8.42 Å². The van der Waals surface area contributed by atoms with E-state index in [0.29, 0.717) is 24.0 Å². The Kier molecular flexibility index (Phi) is 7.30. The van der Waals surface area contributed by atoms with Crippen molar-refractivity contribution in [3.05, 3.63) is 18.2 Å². The summed E-state index contributed by atoms with van der Waals surface area (Å²) in [6.45, 7) is 2.65. The molecule has 0 unspecified atom stereocenters. The molecule has 1 N–H and O–H groups in total. The van der Waals surface area contributed by atoms with Crippen LogP contribution in [0.15, 0.2) is 23.1 Å². The Morgan fingerprint density at radius 2 is 1.74 bits per heavy atom. The average molecular weight is 415 g/mol. The topological polar surface area (TPSA) is 67.9 Å². The Morgan fingerprint density at radius 3 is 2.37 bits per heavy atom. The number of hydrogen-bond donors (Lipinski definition) is 1. The van der Waals surface area contributed by atoms with E-state index in [4.69, 9.17) is 9.47 Å². The molecule has 0 saturated carbocycles. The van der Waals surface area contributed by atoms with Gasteiger partial charge >= 0.3 is 0 Å². The van der Waals surface area contributed by atoms with E-state index in [2.05, 4.69) is 21.4 Å². The summed E-state index contributed by atoms with van der Waals surface area (Å²) in [4.78, 5) is 2.82. The van der Waals surface area contributed by atoms with Crippen molar-refractivity contribution >= 4 is 21.8 Å². The summed E-state index contributed by atoms with van der Waals surface area (Å²) >= 11 is 2.06. The van der Waals surface area contributed by atoms with Crippen LogP contribution in [0.1, 0.15) is 25.7 Å². The number of thioether (sulfide) groups is 1. The molecule has 1 aromatic rings. The zero-order chi connectivity index (χ0) is 19.3. The van der Waals surface area contributed by atoms with Crippen LogP contribution < -0.4 is 14.2 Å². The van der Waals surface area contributed by atoms with E-state index in [1.165, 1.54) is 44.6 Å². The van der Waals surface area contributed by atoms with Crippen molar-refractivity contribution < 1.29 is 17.9 Å². The van der Waals surface area contributed by atoms with Gasteiger partial charge in [0.1, 0.15) is 0 Å². The molecule has 0 spiro atoms. The van der Waals surface area contributed by atoms with Crippen molar-refractivity contribution in [1.29, 1.82) is 0 Å². The Morgan fingerprint density at radius 1 is 1.07 bits per heavy atom. The normalized spacial score (nSPS) is 20.5. The van der Waals surface area contributed by atoms with Gasteiger partial charge in [-0.25, -0.2) is 13.1 Å². The van der Waals surface area contributed by atoms with Crippen molar-refractivity contribution in [1.82, 2.24) is 9.62 Å². The number of likely N-dealkylation sites (tertiary alicyclic amines) is 1. The van der Waals surface area contributed by atoms with Gasteiger partial charge in [-0.15, -0.1) is 0 Å². The van der Waals surface area contributed by atoms with Gasteiger partial charge in [-0.05, 0) is 68.3 Å². The minimum absolute atomic E-state index is 0.206. The molecule has 0 aromatic heterocycles. The second-order valence-corrected chi connectivity index (χ2v) is 10.2. The molecule has 0 atom stereocenters. The molecule has 2 aliphatic rings. The Balaban J connectivity index is 1.52. The Labute approximate surface area is 167 Å². The molecule has 2 aliphatic heterocycles. The van der Waals surface area contributed by atoms with Gasteiger partial charge in [-0.3, -0.25) is 0 Å². The first-order valence-corrected chi connectivity index (χ1v) is 12.2. The van der Waals surface area contributed by atoms with Gasteiger partial charge in [-0.2, -0.15) is 11.8 Å². The minimum Gasteiger partial charge on any atom is -0.493 e. The molecule has 8 heteroatoms. The van der Waals surface area contributed by atoms with Gasteiger partial charge in [0.05, 0.1) is 19.1 Å². The highest BCUT2D eigenvalue weighted by molar-refractivity contribution is 7.99. The zero-order valence-electron chi connectivity index (χ0n) is 16.1. The molecule has 2 fully saturated rings. The molecule has 152 valence electrons. The summed E-state index contributed by atoms with van der Waals surface area (Å²) in [6.07, 6.45) is 4.69. The maximum Gasteiger partial charge on any atom is 0.240 e. The van der Waals surface area contributed by atoms with Gasteiger partial charge in [0.25, 0.3) is 0 Å². The second-order valence-electron chi connectivity index (χ2n) is 7.19. The summed E-state index contributed by atoms with van der Waals surface area (Å²) in [5.41, 5.74) is 0. The SMILES string of the molecule is COc1ccc(S(=O)(=O)NCC2CCN(C3CCSCC3)CC2)cc1OC. The van der Waals surface area contributed by atoms with Crippen molar-refractivity contribution in [3.8, 4) is 11.5 Å². The van der Waals surface area contributed by atoms with Crippen LogP contribution in [0.5, 0.6) is 11.5 Å². The monoisotopic (exact) mass is 414 g/mol. The number of nitrogens with zero attached hydrogens (tertiary/aromatic N) is 1. The first-order chi connectivity index (χ1) is 13.0. The van der Waals surface area contributed by atoms with Crippen LogP contribution in [0.4, 0.5) is 0 Å². The van der Waals surface area contributed by atoms with E-state index in [1.54, 1.807) is 12.1 Å². The van der Waals surface area contributed by atoms with Gasteiger partial charge in [0.2, 0.25) is 10.0 Å². The molecule has 0 amide bonds. The van der Waals surface area contributed by atoms with Gasteiger partial charge < -0.3 is 14.4 Å². The molecular weight excluding hydrogens is 384 g/mol. The lowest BCUT2D eigenvalue weighted by molar-refractivity contribution is 0.127. The first kappa shape index (κ1) is 20.8. The van der Waals surface area contributed by atoms with Crippen molar-refractivity contribution in [2.75, 3.05) is 45.4 Å². The zero-order valence-corrected chi connectivity index (χ0v) is 17.8. The molecule has 27 heavy (non-hydrogen) atoms. The van der Waals surface area contributed by atoms with Gasteiger partial charge in [0.15, 0.2) is 11.5 Å². The quantitative estimate of drug-likeness (QED) is 0.740. The molecule has 2 heterocycles. The molecule has 1 aromatic carbocycles. The number of nitrogens with one attached hydrogen (secondary N) is 1. The van der Waals surface area contributed by atoms with Crippen LogP contribution in [-0.2, 0) is 10.0 Å². The van der Waals surface area contributed by atoms with Crippen molar-refractivity contribution in [2.45, 2.75) is 36.6 Å². The van der Waals surface area contributed by atoms with Gasteiger partial charge in [-0.1, -0.05) is 0 Å². The highest BCUT2D eigenvalue weighted by atomic mass is 32.2. The van der Waals surface area contributed by atoms with E-state index in [0.717, 1.165) is 32.0 Å². The number of benzene rings is 1. The summed E-state index contributed by atoms with van der Waals surface area (Å²) in [5, 5.41) is 0. The highest BCUT2D eigenvalue weighted by Gasteiger charge is 2.27. The van der Waals surface area contributed by atoms with Crippen LogP contribution in [-0.4, -0.2) is 64.7 Å². The molecule has 2 saturated heterocycles. The number of sulfonamides is 1. The van der Waals surface area contributed by atoms with Crippen molar-refractivity contribution in [2.24, 2.45) is 5.92 Å². The Hall–Kier alpha value is -0.960. The van der Waals surface area contributed by atoms with Crippen LogP contribution in [0, 0.1) is 5.92 Å². The molecule has 0 bridgehead atoms. The third-order valence-corrected chi connectivity index (χ3v) is 8.05. The lowest BCUT2D eigenvalue weighted by atomic mass is 9.95. The highest BCUT2D eigenvalue weighted by Crippen LogP contribution is 2.30. The van der Waals surface area contributed by atoms with Gasteiger partial charge in [0, 0.05) is 18.7 Å². The number of ether oxygens (including phenoxy) is 2. The molecule has 0 radical (unpaired) electrons. The fraction of sp³-hybridized carbons (Fsp3) is 0.684. The summed E-state index contributed by atoms with van der Waals surface area (Å²) < 4.78 is 38.4. The fourth-order valence-corrected chi connectivity index (χ4v) is 6.08. The molecule has 3 rings (SSSR count). The lowest BCUT2D eigenvalue weighted by Crippen LogP contribution is -2.44. The van der Waals surface area contributed by atoms with Crippen LogP contribution in [0.25, 0.3) is 0 Å². The average Bonchev–Trinajstić information content (AvgIpc) is 2.72. The number of hydrogen-bond acceptors (Lipinski definition) is 6. The largest absolute Gasteiger partial charge is 0.493 e. The maximum atomic E-state index is 12.6. The van der Waals surface area contributed by atoms with Crippen LogP contribution in [0.3, 0.4) is 0 Å². The summed E-state index contributed by atoms with van der Waals surface area (Å²) in [5.74, 6) is 3.88. The van der Waals surface area contributed by atoms with Crippen molar-refractivity contribution in [3.63, 3.8) is 0 Å². The smallest absolute Gasteiger partial charge is 0.240 e. The number of piperidine rings is 1. The number of methoxy groups -OCH3 is 2. The standard InChI is InChI=1S/C19H30N2O4S2/c1-24-18-4-3-17(13-19(18)25-2)27(22,23)20-14-15-5-9-21(10-6-15)16-7-11-26-12-8-16/h3-4,13,15-16,20H,5-12,14H2,1-2H3. The summed E-state index contributed by atoms with van der Waals surface area (Å²) in [7, 11) is -0.522. The first-order valence-electron chi connectivity index (χ1n) is 9.57. The Bertz CT molecular complexity index is 712. The predicted molar refractivity (Wildman–Crippen MR) is 109 cm³/mol. The van der Waals surface area contributed by atoms with E-state index >= 15 is 0 Å². The third-order valence-electron chi connectivity index (χ3n) is 5.58. The van der Waals surface area contributed by atoms with E-state index in [-0.39, 0.29) is 4.90 Å². The molecule has 0 aliphatic carbocycles. The molecule has 6 nitrogen and oxygen atoms in total. The molecular formula is C19H30N2O4S2. The van der Waals surface area contributed by atoms with Crippen LogP contribution >= 0.6 is 11.8 Å². The lowest BCUT2D eigenvalue weighted by Gasteiger charge is -2.39. The minimum atomic E-state index is -3.55. The third kappa shape index (κ3) is 5.31. The van der Waals surface area contributed by atoms with E-state index in [1.807, 2.05) is 0 Å². The van der Waals surface area contributed by atoms with E-state index < -0.39 is 10.0 Å². The predicted octanol–water partition coefficient (Wildman–Crippen LogP) is 2.59.